The van der Waals surface area contributed by atoms with Crippen LogP contribution in [0, 0.1) is 15.4 Å². The van der Waals surface area contributed by atoms with Crippen LogP contribution in [0.15, 0.2) is 18.2 Å². The average Bonchev–Trinajstić information content (AvgIpc) is 2.68. The Morgan fingerprint density at radius 2 is 2.11 bits per heavy atom. The fraction of sp³-hybridized carbons (Fsp3) is 0.533. The Bertz CT molecular complexity index is 605. The second-order valence-corrected chi connectivity index (χ2v) is 7.05. The van der Waals surface area contributed by atoms with Gasteiger partial charge < -0.3 is 10.3 Å². The highest BCUT2D eigenvalue weighted by atomic mass is 127. The van der Waals surface area contributed by atoms with Gasteiger partial charge in [-0.3, -0.25) is 0 Å². The van der Waals surface area contributed by atoms with Crippen LogP contribution in [0.25, 0.3) is 11.0 Å². The van der Waals surface area contributed by atoms with Gasteiger partial charge in [0.1, 0.15) is 0 Å². The molecule has 2 N–H and O–H groups in total. The molecule has 3 unspecified atom stereocenters. The largest absolute Gasteiger partial charge is 0.369 e. The molecular weight excluding hydrogens is 349 g/mol. The summed E-state index contributed by atoms with van der Waals surface area (Å²) >= 11 is 2.32. The summed E-state index contributed by atoms with van der Waals surface area (Å²) in [6.45, 7) is 4.71. The van der Waals surface area contributed by atoms with E-state index in [1.165, 1.54) is 28.3 Å². The molecule has 3 atom stereocenters. The van der Waals surface area contributed by atoms with Crippen LogP contribution < -0.4 is 5.73 Å². The highest BCUT2D eigenvalue weighted by Gasteiger charge is 2.30. The molecule has 3 rings (SSSR count). The summed E-state index contributed by atoms with van der Waals surface area (Å²) in [5.41, 5.74) is 8.40. The van der Waals surface area contributed by atoms with Gasteiger partial charge in [0.2, 0.25) is 5.95 Å². The quantitative estimate of drug-likeness (QED) is 0.765. The van der Waals surface area contributed by atoms with Crippen LogP contribution in [0.4, 0.5) is 5.95 Å². The molecule has 0 radical (unpaired) electrons. The Morgan fingerprint density at radius 3 is 2.89 bits per heavy atom. The number of anilines is 1. The van der Waals surface area contributed by atoms with Gasteiger partial charge in [-0.15, -0.1) is 0 Å². The molecule has 0 saturated heterocycles. The van der Waals surface area contributed by atoms with Crippen LogP contribution >= 0.6 is 22.6 Å². The first-order valence-corrected chi connectivity index (χ1v) is 8.08. The molecule has 1 aromatic heterocycles. The summed E-state index contributed by atoms with van der Waals surface area (Å²) in [5.74, 6) is 2.09. The van der Waals surface area contributed by atoms with E-state index in [0.717, 1.165) is 11.4 Å². The molecule has 1 aliphatic rings. The van der Waals surface area contributed by atoms with Crippen LogP contribution in [-0.2, 0) is 0 Å². The second kappa shape index (κ2) is 4.96. The van der Waals surface area contributed by atoms with E-state index < -0.39 is 0 Å². The molecule has 0 amide bonds. The fourth-order valence-corrected chi connectivity index (χ4v) is 3.83. The summed E-state index contributed by atoms with van der Waals surface area (Å²) in [7, 11) is 0. The number of rotatable bonds is 1. The van der Waals surface area contributed by atoms with Crippen molar-refractivity contribution in [2.24, 2.45) is 11.8 Å². The Kier molecular flexibility index (Phi) is 3.45. The first-order chi connectivity index (χ1) is 9.08. The smallest absolute Gasteiger partial charge is 0.201 e. The Labute approximate surface area is 127 Å². The van der Waals surface area contributed by atoms with Gasteiger partial charge in [0, 0.05) is 9.61 Å². The maximum atomic E-state index is 6.19. The lowest BCUT2D eigenvalue weighted by atomic mass is 9.78. The molecule has 1 heterocycles. The predicted octanol–water partition coefficient (Wildman–Crippen LogP) is 4.22. The number of nitrogens with zero attached hydrogens (tertiary/aromatic N) is 2. The number of imidazole rings is 1. The standard InChI is InChI=1S/C15H20IN3/c1-9-4-3-5-13(10(9)2)19-14-7-6-11(16)8-12(14)18-15(19)17/h6-10,13H,3-5H2,1-2H3,(H2,17,18). The minimum absolute atomic E-state index is 0.494. The van der Waals surface area contributed by atoms with Crippen molar-refractivity contribution < 1.29 is 0 Å². The molecule has 2 aromatic rings. The summed E-state index contributed by atoms with van der Waals surface area (Å²) in [5, 5.41) is 0. The number of halogens is 1. The van der Waals surface area contributed by atoms with Crippen LogP contribution in [0.5, 0.6) is 0 Å². The van der Waals surface area contributed by atoms with E-state index in [-0.39, 0.29) is 0 Å². The molecule has 0 spiro atoms. The van der Waals surface area contributed by atoms with E-state index in [2.05, 4.69) is 64.2 Å². The third kappa shape index (κ3) is 2.24. The highest BCUT2D eigenvalue weighted by Crippen LogP contribution is 2.40. The van der Waals surface area contributed by atoms with Crippen LogP contribution in [0.1, 0.15) is 39.2 Å². The topological polar surface area (TPSA) is 43.8 Å². The third-order valence-electron chi connectivity index (χ3n) is 4.67. The second-order valence-electron chi connectivity index (χ2n) is 5.81. The van der Waals surface area contributed by atoms with Gasteiger partial charge in [0.05, 0.1) is 11.0 Å². The zero-order valence-electron chi connectivity index (χ0n) is 11.4. The van der Waals surface area contributed by atoms with Crippen molar-refractivity contribution in [1.29, 1.82) is 0 Å². The summed E-state index contributed by atoms with van der Waals surface area (Å²) in [4.78, 5) is 4.54. The number of benzene rings is 1. The molecule has 0 aliphatic heterocycles. The molecular formula is C15H20IN3. The zero-order valence-corrected chi connectivity index (χ0v) is 13.6. The van der Waals surface area contributed by atoms with E-state index in [4.69, 9.17) is 5.73 Å². The zero-order chi connectivity index (χ0) is 13.6. The molecule has 102 valence electrons. The molecule has 1 saturated carbocycles. The number of hydrogen-bond donors (Lipinski definition) is 1. The SMILES string of the molecule is CC1CCCC(n2c(N)nc3cc(I)ccc32)C1C. The number of aromatic nitrogens is 2. The average molecular weight is 369 g/mol. The minimum Gasteiger partial charge on any atom is -0.369 e. The minimum atomic E-state index is 0.494. The van der Waals surface area contributed by atoms with Crippen molar-refractivity contribution in [3.8, 4) is 0 Å². The van der Waals surface area contributed by atoms with Gasteiger partial charge >= 0.3 is 0 Å². The van der Waals surface area contributed by atoms with E-state index in [0.29, 0.717) is 17.9 Å². The number of hydrogen-bond acceptors (Lipinski definition) is 2. The summed E-state index contributed by atoms with van der Waals surface area (Å²) in [6, 6.07) is 6.90. The first kappa shape index (κ1) is 13.2. The highest BCUT2D eigenvalue weighted by molar-refractivity contribution is 14.1. The molecule has 1 aromatic carbocycles. The van der Waals surface area contributed by atoms with Gasteiger partial charge in [0.25, 0.3) is 0 Å². The number of nitrogen functional groups attached to an aromatic ring is 1. The van der Waals surface area contributed by atoms with E-state index >= 15 is 0 Å². The van der Waals surface area contributed by atoms with Gasteiger partial charge in [-0.1, -0.05) is 26.7 Å². The summed E-state index contributed by atoms with van der Waals surface area (Å²) in [6.07, 6.45) is 3.84. The molecule has 1 aliphatic carbocycles. The Morgan fingerprint density at radius 1 is 1.32 bits per heavy atom. The van der Waals surface area contributed by atoms with Crippen LogP contribution in [-0.4, -0.2) is 9.55 Å². The molecule has 19 heavy (non-hydrogen) atoms. The van der Waals surface area contributed by atoms with Gasteiger partial charge in [0.15, 0.2) is 0 Å². The van der Waals surface area contributed by atoms with Crippen LogP contribution in [0.3, 0.4) is 0 Å². The van der Waals surface area contributed by atoms with Crippen molar-refractivity contribution in [3.05, 3.63) is 21.8 Å². The Balaban J connectivity index is 2.11. The predicted molar refractivity (Wildman–Crippen MR) is 88.1 cm³/mol. The van der Waals surface area contributed by atoms with Crippen molar-refractivity contribution in [1.82, 2.24) is 9.55 Å². The molecule has 4 heteroatoms. The van der Waals surface area contributed by atoms with Crippen molar-refractivity contribution in [3.63, 3.8) is 0 Å². The van der Waals surface area contributed by atoms with Gasteiger partial charge in [-0.2, -0.15) is 0 Å². The van der Waals surface area contributed by atoms with Gasteiger partial charge in [-0.25, -0.2) is 4.98 Å². The maximum Gasteiger partial charge on any atom is 0.201 e. The molecule has 1 fully saturated rings. The monoisotopic (exact) mass is 369 g/mol. The van der Waals surface area contributed by atoms with E-state index in [1.54, 1.807) is 0 Å². The van der Waals surface area contributed by atoms with Crippen molar-refractivity contribution in [2.45, 2.75) is 39.2 Å². The molecule has 3 nitrogen and oxygen atoms in total. The van der Waals surface area contributed by atoms with Crippen molar-refractivity contribution in [2.75, 3.05) is 5.73 Å². The Hall–Kier alpha value is -0.780. The fourth-order valence-electron chi connectivity index (χ4n) is 3.36. The lowest BCUT2D eigenvalue weighted by Gasteiger charge is -2.35. The van der Waals surface area contributed by atoms with Crippen LogP contribution in [0.2, 0.25) is 0 Å². The van der Waals surface area contributed by atoms with E-state index in [1.807, 2.05) is 0 Å². The van der Waals surface area contributed by atoms with Gasteiger partial charge in [-0.05, 0) is 59.0 Å². The molecule has 0 bridgehead atoms. The number of nitrogens with two attached hydrogens (primary N) is 1. The normalized spacial score (nSPS) is 27.8. The third-order valence-corrected chi connectivity index (χ3v) is 5.35. The van der Waals surface area contributed by atoms with Crippen molar-refractivity contribution >= 4 is 39.6 Å². The number of fused-ring (bicyclic) bond motifs is 1. The first-order valence-electron chi connectivity index (χ1n) is 7.01. The van der Waals surface area contributed by atoms with E-state index in [9.17, 15) is 0 Å². The lowest BCUT2D eigenvalue weighted by Crippen LogP contribution is -2.27. The summed E-state index contributed by atoms with van der Waals surface area (Å²) < 4.78 is 3.48. The lowest BCUT2D eigenvalue weighted by molar-refractivity contribution is 0.191. The maximum absolute atomic E-state index is 6.19.